The van der Waals surface area contributed by atoms with E-state index in [4.69, 9.17) is 4.74 Å². The van der Waals surface area contributed by atoms with Crippen LogP contribution in [0.3, 0.4) is 0 Å². The summed E-state index contributed by atoms with van der Waals surface area (Å²) < 4.78 is 46.3. The highest BCUT2D eigenvalue weighted by molar-refractivity contribution is 5.65. The molecule has 0 saturated heterocycles. The number of halogens is 3. The van der Waals surface area contributed by atoms with Crippen LogP contribution in [-0.4, -0.2) is 53.5 Å². The van der Waals surface area contributed by atoms with E-state index in [-0.39, 0.29) is 5.75 Å². The minimum Gasteiger partial charge on any atom is -0.476 e. The third kappa shape index (κ3) is 6.59. The summed E-state index contributed by atoms with van der Waals surface area (Å²) in [7, 11) is 3.92. The molecule has 0 atom stereocenters. The van der Waals surface area contributed by atoms with Gasteiger partial charge in [0.1, 0.15) is 24.5 Å². The van der Waals surface area contributed by atoms with E-state index in [0.29, 0.717) is 29.7 Å². The van der Waals surface area contributed by atoms with Gasteiger partial charge in [-0.15, -0.1) is 13.2 Å². The molecule has 2 heterocycles. The zero-order chi connectivity index (χ0) is 21.6. The van der Waals surface area contributed by atoms with Gasteiger partial charge in [0.2, 0.25) is 5.88 Å². The van der Waals surface area contributed by atoms with Crippen molar-refractivity contribution in [3.63, 3.8) is 0 Å². The van der Waals surface area contributed by atoms with E-state index in [1.165, 1.54) is 30.6 Å². The minimum atomic E-state index is -4.73. The lowest BCUT2D eigenvalue weighted by Gasteiger charge is -2.11. The number of likely N-dealkylation sites (N-methyl/N-ethyl adjacent to an activating group) is 1. The lowest BCUT2D eigenvalue weighted by molar-refractivity contribution is -0.274. The number of ether oxygens (including phenoxy) is 2. The lowest BCUT2D eigenvalue weighted by Crippen LogP contribution is -2.19. The molecular formula is C20H20F3N5O2. The standard InChI is InChI=1S/C20H20F3N5O2/c1-28(2)9-10-29-19-11-14(7-8-24-19)17-12-18(26-13-25-17)27-15-3-5-16(6-4-15)30-20(21,22)23/h3-8,11-13H,9-10H2,1-2H3,(H,25,26,27). The van der Waals surface area contributed by atoms with Crippen LogP contribution in [0.1, 0.15) is 0 Å². The molecule has 158 valence electrons. The van der Waals surface area contributed by atoms with Crippen LogP contribution >= 0.6 is 0 Å². The fourth-order valence-corrected chi connectivity index (χ4v) is 2.45. The molecule has 0 unspecified atom stereocenters. The number of alkyl halides is 3. The Morgan fingerprint density at radius 2 is 1.77 bits per heavy atom. The van der Waals surface area contributed by atoms with Gasteiger partial charge in [-0.1, -0.05) is 0 Å². The first-order chi connectivity index (χ1) is 14.3. The molecule has 0 bridgehead atoms. The molecule has 7 nitrogen and oxygen atoms in total. The van der Waals surface area contributed by atoms with Crippen LogP contribution in [0.25, 0.3) is 11.3 Å². The van der Waals surface area contributed by atoms with Crippen LogP contribution in [0.15, 0.2) is 55.0 Å². The summed E-state index contributed by atoms with van der Waals surface area (Å²) >= 11 is 0. The van der Waals surface area contributed by atoms with Crippen molar-refractivity contribution in [2.75, 3.05) is 32.6 Å². The number of aromatic nitrogens is 3. The summed E-state index contributed by atoms with van der Waals surface area (Å²) in [6.07, 6.45) is -1.70. The van der Waals surface area contributed by atoms with Crippen LogP contribution in [0.4, 0.5) is 24.7 Å². The maximum atomic E-state index is 12.3. The molecule has 10 heteroatoms. The number of rotatable bonds is 8. The van der Waals surface area contributed by atoms with Crippen LogP contribution in [0.2, 0.25) is 0 Å². The SMILES string of the molecule is CN(C)CCOc1cc(-c2cc(Nc3ccc(OC(F)(F)F)cc3)ncn2)ccn1. The van der Waals surface area contributed by atoms with E-state index in [1.54, 1.807) is 24.4 Å². The number of nitrogens with zero attached hydrogens (tertiary/aromatic N) is 4. The van der Waals surface area contributed by atoms with E-state index in [1.807, 2.05) is 19.0 Å². The summed E-state index contributed by atoms with van der Waals surface area (Å²) in [6, 6.07) is 10.7. The quantitative estimate of drug-likeness (QED) is 0.589. The number of anilines is 2. The Morgan fingerprint density at radius 1 is 1.00 bits per heavy atom. The molecular weight excluding hydrogens is 399 g/mol. The Kier molecular flexibility index (Phi) is 6.68. The second kappa shape index (κ2) is 9.40. The van der Waals surface area contributed by atoms with Crippen molar-refractivity contribution >= 4 is 11.5 Å². The molecule has 3 aromatic rings. The topological polar surface area (TPSA) is 72.4 Å². The number of benzene rings is 1. The number of hydrogen-bond donors (Lipinski definition) is 1. The third-order valence-corrected chi connectivity index (χ3v) is 3.85. The summed E-state index contributed by atoms with van der Waals surface area (Å²) in [5.74, 6) is 0.675. The summed E-state index contributed by atoms with van der Waals surface area (Å²) in [4.78, 5) is 14.6. The molecule has 1 aromatic carbocycles. The Bertz CT molecular complexity index is 965. The number of hydrogen-bond acceptors (Lipinski definition) is 7. The van der Waals surface area contributed by atoms with Gasteiger partial charge in [0.05, 0.1) is 5.69 Å². The van der Waals surface area contributed by atoms with Crippen molar-refractivity contribution in [3.05, 3.63) is 55.0 Å². The van der Waals surface area contributed by atoms with Gasteiger partial charge in [0.25, 0.3) is 0 Å². The van der Waals surface area contributed by atoms with Crippen LogP contribution < -0.4 is 14.8 Å². The molecule has 0 aliphatic heterocycles. The Labute approximate surface area is 171 Å². The largest absolute Gasteiger partial charge is 0.573 e. The highest BCUT2D eigenvalue weighted by Gasteiger charge is 2.30. The highest BCUT2D eigenvalue weighted by Crippen LogP contribution is 2.26. The predicted octanol–water partition coefficient (Wildman–Crippen LogP) is 4.12. The fourth-order valence-electron chi connectivity index (χ4n) is 2.45. The van der Waals surface area contributed by atoms with E-state index in [2.05, 4.69) is 25.0 Å². The molecule has 1 N–H and O–H groups in total. The van der Waals surface area contributed by atoms with Crippen molar-refractivity contribution in [2.24, 2.45) is 0 Å². The Hall–Kier alpha value is -3.40. The second-order valence-corrected chi connectivity index (χ2v) is 6.52. The van der Waals surface area contributed by atoms with Gasteiger partial charge in [-0.05, 0) is 44.4 Å². The van der Waals surface area contributed by atoms with Gasteiger partial charge < -0.3 is 19.7 Å². The van der Waals surface area contributed by atoms with Crippen molar-refractivity contribution in [2.45, 2.75) is 6.36 Å². The Balaban J connectivity index is 1.69. The number of pyridine rings is 1. The smallest absolute Gasteiger partial charge is 0.476 e. The average Bonchev–Trinajstić information content (AvgIpc) is 2.69. The van der Waals surface area contributed by atoms with E-state index in [0.717, 1.165) is 12.1 Å². The molecule has 0 amide bonds. The molecule has 2 aromatic heterocycles. The maximum absolute atomic E-state index is 12.3. The molecule has 0 spiro atoms. The lowest BCUT2D eigenvalue weighted by atomic mass is 10.2. The summed E-state index contributed by atoms with van der Waals surface area (Å²) in [5, 5.41) is 3.03. The molecule has 0 aliphatic carbocycles. The Morgan fingerprint density at radius 3 is 2.47 bits per heavy atom. The van der Waals surface area contributed by atoms with Crippen LogP contribution in [0, 0.1) is 0 Å². The molecule has 0 saturated carbocycles. The molecule has 3 rings (SSSR count). The van der Waals surface area contributed by atoms with Crippen LogP contribution in [-0.2, 0) is 0 Å². The first-order valence-electron chi connectivity index (χ1n) is 8.97. The first kappa shape index (κ1) is 21.3. The van der Waals surface area contributed by atoms with Crippen molar-refractivity contribution < 1.29 is 22.6 Å². The molecule has 0 aliphatic rings. The average molecular weight is 419 g/mol. The third-order valence-electron chi connectivity index (χ3n) is 3.85. The molecule has 0 radical (unpaired) electrons. The zero-order valence-electron chi connectivity index (χ0n) is 16.3. The number of nitrogens with one attached hydrogen (secondary N) is 1. The second-order valence-electron chi connectivity index (χ2n) is 6.52. The van der Waals surface area contributed by atoms with Crippen molar-refractivity contribution in [3.8, 4) is 22.9 Å². The van der Waals surface area contributed by atoms with Gasteiger partial charge in [-0.25, -0.2) is 15.0 Å². The van der Waals surface area contributed by atoms with Gasteiger partial charge in [-0.2, -0.15) is 0 Å². The highest BCUT2D eigenvalue weighted by atomic mass is 19.4. The van der Waals surface area contributed by atoms with E-state index < -0.39 is 6.36 Å². The summed E-state index contributed by atoms with van der Waals surface area (Å²) in [6.45, 7) is 1.27. The van der Waals surface area contributed by atoms with E-state index in [9.17, 15) is 13.2 Å². The zero-order valence-corrected chi connectivity index (χ0v) is 16.3. The summed E-state index contributed by atoms with van der Waals surface area (Å²) in [5.41, 5.74) is 1.99. The van der Waals surface area contributed by atoms with Crippen molar-refractivity contribution in [1.29, 1.82) is 0 Å². The molecule has 30 heavy (non-hydrogen) atoms. The van der Waals surface area contributed by atoms with Crippen molar-refractivity contribution in [1.82, 2.24) is 19.9 Å². The normalized spacial score (nSPS) is 11.4. The van der Waals surface area contributed by atoms with Crippen LogP contribution in [0.5, 0.6) is 11.6 Å². The van der Waals surface area contributed by atoms with E-state index >= 15 is 0 Å². The first-order valence-corrected chi connectivity index (χ1v) is 8.97. The maximum Gasteiger partial charge on any atom is 0.573 e. The van der Waals surface area contributed by atoms with Gasteiger partial charge in [0, 0.05) is 36.1 Å². The predicted molar refractivity (Wildman–Crippen MR) is 106 cm³/mol. The minimum absolute atomic E-state index is 0.296. The fraction of sp³-hybridized carbons (Fsp3) is 0.250. The van der Waals surface area contributed by atoms with Gasteiger partial charge in [-0.3, -0.25) is 0 Å². The van der Waals surface area contributed by atoms with Gasteiger partial charge >= 0.3 is 6.36 Å². The molecule has 0 fully saturated rings. The monoisotopic (exact) mass is 419 g/mol. The van der Waals surface area contributed by atoms with Gasteiger partial charge in [0.15, 0.2) is 0 Å².